The molecule has 2 N–H and O–H groups in total. The van der Waals surface area contributed by atoms with Crippen molar-refractivity contribution in [3.05, 3.63) is 28.3 Å². The van der Waals surface area contributed by atoms with Crippen LogP contribution in [0.25, 0.3) is 11.0 Å². The first-order valence-electron chi connectivity index (χ1n) is 5.51. The monoisotopic (exact) mass is 250 g/mol. The molecule has 7 heteroatoms. The molecule has 0 aliphatic carbocycles. The zero-order chi connectivity index (χ0) is 13.1. The average Bonchev–Trinajstić information content (AvgIpc) is 2.77. The van der Waals surface area contributed by atoms with Gasteiger partial charge in [-0.05, 0) is 13.0 Å². The van der Waals surface area contributed by atoms with E-state index in [1.54, 1.807) is 13.2 Å². The highest BCUT2D eigenvalue weighted by Crippen LogP contribution is 2.20. The summed E-state index contributed by atoms with van der Waals surface area (Å²) in [5, 5.41) is 13.7. The molecule has 0 bridgehead atoms. The van der Waals surface area contributed by atoms with Crippen LogP contribution in [0.2, 0.25) is 0 Å². The summed E-state index contributed by atoms with van der Waals surface area (Å²) in [6.45, 7) is 2.54. The maximum atomic E-state index is 10.6. The van der Waals surface area contributed by atoms with Gasteiger partial charge in [-0.3, -0.25) is 10.1 Å². The van der Waals surface area contributed by atoms with Gasteiger partial charge in [0.2, 0.25) is 5.95 Å². The topological polar surface area (TPSA) is 93.1 Å². The number of rotatable bonds is 5. The van der Waals surface area contributed by atoms with Crippen LogP contribution in [0.3, 0.4) is 0 Å². The number of non-ortho nitro benzene ring substituents is 1. The first-order valence-corrected chi connectivity index (χ1v) is 5.51. The number of benzene rings is 1. The second-order valence-corrected chi connectivity index (χ2v) is 3.97. The summed E-state index contributed by atoms with van der Waals surface area (Å²) in [7, 11) is 1.63. The fraction of sp³-hybridized carbons (Fsp3) is 0.364. The van der Waals surface area contributed by atoms with Crippen LogP contribution < -0.4 is 5.32 Å². The van der Waals surface area contributed by atoms with Crippen molar-refractivity contribution in [2.24, 2.45) is 0 Å². The van der Waals surface area contributed by atoms with E-state index in [2.05, 4.69) is 15.3 Å². The highest BCUT2D eigenvalue weighted by Gasteiger charge is 2.09. The Morgan fingerprint density at radius 1 is 1.61 bits per heavy atom. The third-order valence-corrected chi connectivity index (χ3v) is 2.64. The van der Waals surface area contributed by atoms with Gasteiger partial charge in [0.25, 0.3) is 5.69 Å². The molecule has 2 aromatic rings. The Bertz CT molecular complexity index is 566. The van der Waals surface area contributed by atoms with Crippen molar-refractivity contribution in [3.8, 4) is 0 Å². The lowest BCUT2D eigenvalue weighted by molar-refractivity contribution is -0.384. The van der Waals surface area contributed by atoms with Crippen LogP contribution in [0, 0.1) is 10.1 Å². The van der Waals surface area contributed by atoms with E-state index in [0.717, 1.165) is 0 Å². The number of hydrogen-bond donors (Lipinski definition) is 2. The van der Waals surface area contributed by atoms with Crippen molar-refractivity contribution in [2.45, 2.75) is 13.0 Å². The molecule has 1 atom stereocenters. The second kappa shape index (κ2) is 5.01. The first-order chi connectivity index (χ1) is 8.60. The molecule has 18 heavy (non-hydrogen) atoms. The number of nitrogens with zero attached hydrogens (tertiary/aromatic N) is 2. The fourth-order valence-corrected chi connectivity index (χ4v) is 1.52. The van der Waals surface area contributed by atoms with Gasteiger partial charge in [-0.25, -0.2) is 4.98 Å². The summed E-state index contributed by atoms with van der Waals surface area (Å²) in [6, 6.07) is 4.52. The van der Waals surface area contributed by atoms with Crippen molar-refractivity contribution in [1.29, 1.82) is 0 Å². The lowest BCUT2D eigenvalue weighted by Gasteiger charge is -2.09. The molecule has 0 saturated carbocycles. The van der Waals surface area contributed by atoms with Crippen LogP contribution >= 0.6 is 0 Å². The zero-order valence-electron chi connectivity index (χ0n) is 10.1. The van der Waals surface area contributed by atoms with Crippen LogP contribution in [-0.4, -0.2) is 34.6 Å². The molecule has 96 valence electrons. The van der Waals surface area contributed by atoms with Gasteiger partial charge < -0.3 is 15.0 Å². The van der Waals surface area contributed by atoms with Crippen molar-refractivity contribution in [1.82, 2.24) is 9.97 Å². The van der Waals surface area contributed by atoms with Gasteiger partial charge >= 0.3 is 0 Å². The molecule has 0 radical (unpaired) electrons. The average molecular weight is 250 g/mol. The molecule has 0 saturated heterocycles. The van der Waals surface area contributed by atoms with E-state index in [1.807, 2.05) is 6.92 Å². The van der Waals surface area contributed by atoms with Crippen molar-refractivity contribution in [3.63, 3.8) is 0 Å². The number of methoxy groups -OCH3 is 1. The molecule has 0 amide bonds. The second-order valence-electron chi connectivity index (χ2n) is 3.97. The molecule has 2 rings (SSSR count). The van der Waals surface area contributed by atoms with E-state index in [9.17, 15) is 10.1 Å². The summed E-state index contributed by atoms with van der Waals surface area (Å²) in [5.41, 5.74) is 1.37. The zero-order valence-corrected chi connectivity index (χ0v) is 10.1. The van der Waals surface area contributed by atoms with E-state index in [-0.39, 0.29) is 11.8 Å². The summed E-state index contributed by atoms with van der Waals surface area (Å²) >= 11 is 0. The number of hydrogen-bond acceptors (Lipinski definition) is 5. The molecule has 1 aromatic carbocycles. The van der Waals surface area contributed by atoms with E-state index in [4.69, 9.17) is 4.74 Å². The van der Waals surface area contributed by atoms with E-state index in [1.165, 1.54) is 12.1 Å². The SMILES string of the molecule is COC(C)CNc1nc2ccc([N+](=O)[O-])cc2[nH]1. The number of ether oxygens (including phenoxy) is 1. The predicted octanol–water partition coefficient (Wildman–Crippen LogP) is 1.92. The third-order valence-electron chi connectivity index (χ3n) is 2.64. The maximum Gasteiger partial charge on any atom is 0.271 e. The Balaban J connectivity index is 2.19. The minimum absolute atomic E-state index is 0.0444. The molecule has 7 nitrogen and oxygen atoms in total. The van der Waals surface area contributed by atoms with E-state index in [0.29, 0.717) is 23.5 Å². The normalized spacial score (nSPS) is 12.6. The number of aromatic nitrogens is 2. The number of aromatic amines is 1. The van der Waals surface area contributed by atoms with E-state index < -0.39 is 4.92 Å². The van der Waals surface area contributed by atoms with Crippen molar-refractivity contribution in [2.75, 3.05) is 19.0 Å². The van der Waals surface area contributed by atoms with Crippen molar-refractivity contribution >= 4 is 22.7 Å². The Morgan fingerprint density at radius 2 is 2.39 bits per heavy atom. The Morgan fingerprint density at radius 3 is 3.06 bits per heavy atom. The van der Waals surface area contributed by atoms with Gasteiger partial charge in [-0.2, -0.15) is 0 Å². The maximum absolute atomic E-state index is 10.6. The number of nitro groups is 1. The fourth-order valence-electron chi connectivity index (χ4n) is 1.52. The summed E-state index contributed by atoms with van der Waals surface area (Å²) in [4.78, 5) is 17.5. The van der Waals surface area contributed by atoms with Crippen LogP contribution in [0.1, 0.15) is 6.92 Å². The van der Waals surface area contributed by atoms with Crippen LogP contribution in [0.5, 0.6) is 0 Å². The smallest absolute Gasteiger partial charge is 0.271 e. The number of fused-ring (bicyclic) bond motifs is 1. The third kappa shape index (κ3) is 2.57. The summed E-state index contributed by atoms with van der Waals surface area (Å²) in [5.74, 6) is 0.578. The van der Waals surface area contributed by atoms with Gasteiger partial charge in [0, 0.05) is 25.8 Å². The molecule has 0 aliphatic rings. The molecule has 1 unspecified atom stereocenters. The number of nitrogens with one attached hydrogen (secondary N) is 2. The molecule has 1 heterocycles. The van der Waals surface area contributed by atoms with Crippen LogP contribution in [-0.2, 0) is 4.74 Å². The highest BCUT2D eigenvalue weighted by atomic mass is 16.6. The van der Waals surface area contributed by atoms with E-state index >= 15 is 0 Å². The molecular weight excluding hydrogens is 236 g/mol. The highest BCUT2D eigenvalue weighted by molar-refractivity contribution is 5.79. The molecule has 0 fully saturated rings. The Hall–Kier alpha value is -2.15. The predicted molar refractivity (Wildman–Crippen MR) is 67.7 cm³/mol. The van der Waals surface area contributed by atoms with Gasteiger partial charge in [0.05, 0.1) is 22.1 Å². The number of nitro benzene ring substituents is 1. The number of anilines is 1. The standard InChI is InChI=1S/C11H14N4O3/c1-7(18-2)6-12-11-13-9-4-3-8(15(16)17)5-10(9)14-11/h3-5,7H,6H2,1-2H3,(H2,12,13,14). The lowest BCUT2D eigenvalue weighted by Crippen LogP contribution is -2.18. The Kier molecular flexibility index (Phi) is 3.42. The number of imidazole rings is 1. The lowest BCUT2D eigenvalue weighted by atomic mass is 10.3. The molecular formula is C11H14N4O3. The van der Waals surface area contributed by atoms with Gasteiger partial charge in [0.15, 0.2) is 0 Å². The van der Waals surface area contributed by atoms with Gasteiger partial charge in [-0.1, -0.05) is 0 Å². The molecule has 1 aromatic heterocycles. The van der Waals surface area contributed by atoms with Gasteiger partial charge in [0.1, 0.15) is 0 Å². The van der Waals surface area contributed by atoms with Gasteiger partial charge in [-0.15, -0.1) is 0 Å². The first kappa shape index (κ1) is 12.3. The molecule has 0 spiro atoms. The largest absolute Gasteiger partial charge is 0.380 e. The number of H-pyrrole nitrogens is 1. The Labute approximate surface area is 103 Å². The summed E-state index contributed by atoms with van der Waals surface area (Å²) < 4.78 is 5.10. The van der Waals surface area contributed by atoms with Crippen LogP contribution in [0.4, 0.5) is 11.6 Å². The minimum atomic E-state index is -0.430. The van der Waals surface area contributed by atoms with Crippen LogP contribution in [0.15, 0.2) is 18.2 Å². The minimum Gasteiger partial charge on any atom is -0.380 e. The summed E-state index contributed by atoms with van der Waals surface area (Å²) in [6.07, 6.45) is 0.0625. The molecule has 0 aliphatic heterocycles. The quantitative estimate of drug-likeness (QED) is 0.624. The van der Waals surface area contributed by atoms with Crippen molar-refractivity contribution < 1.29 is 9.66 Å².